The molecule has 0 amide bonds. The highest BCUT2D eigenvalue weighted by Crippen LogP contribution is 2.41. The van der Waals surface area contributed by atoms with Gasteiger partial charge < -0.3 is 19.2 Å². The minimum atomic E-state index is -2.62. The second-order valence-electron chi connectivity index (χ2n) is 10.9. The molecular weight excluding hydrogens is 568 g/mol. The summed E-state index contributed by atoms with van der Waals surface area (Å²) in [7, 11) is 1.78. The van der Waals surface area contributed by atoms with Crippen molar-refractivity contribution in [1.82, 2.24) is 38.6 Å². The van der Waals surface area contributed by atoms with E-state index in [0.29, 0.717) is 76.8 Å². The standard InChI is InChI=1S/C28H28ClF2N9O2/c1-37-24-23(29)22(42-21-14-34-40-10-6-32-12-20(21)40)13-33-25(24)36-27(37)35-19-11-18(17-3-4-17)15-39(26(19)41)8-2-7-38-9-5-28(30,31)16-38/h6,10-15,17H,2-5,7-9,16H2,1H3,(H,33,35,36). The van der Waals surface area contributed by atoms with Gasteiger partial charge >= 0.3 is 0 Å². The van der Waals surface area contributed by atoms with Gasteiger partial charge in [0.2, 0.25) is 5.95 Å². The lowest BCUT2D eigenvalue weighted by atomic mass is 10.1. The van der Waals surface area contributed by atoms with Gasteiger partial charge in [-0.2, -0.15) is 10.1 Å². The lowest BCUT2D eigenvalue weighted by molar-refractivity contribution is 0.0121. The van der Waals surface area contributed by atoms with Gasteiger partial charge in [-0.05, 0) is 36.8 Å². The maximum absolute atomic E-state index is 13.6. The van der Waals surface area contributed by atoms with Gasteiger partial charge in [-0.25, -0.2) is 18.3 Å². The number of ether oxygens (including phenoxy) is 1. The molecule has 0 unspecified atom stereocenters. The summed E-state index contributed by atoms with van der Waals surface area (Å²) in [6.07, 6.45) is 12.6. The van der Waals surface area contributed by atoms with Crippen molar-refractivity contribution in [3.63, 3.8) is 0 Å². The highest BCUT2D eigenvalue weighted by atomic mass is 35.5. The van der Waals surface area contributed by atoms with Crippen LogP contribution in [0.2, 0.25) is 5.02 Å². The van der Waals surface area contributed by atoms with Crippen LogP contribution in [0.1, 0.15) is 37.2 Å². The fourth-order valence-corrected chi connectivity index (χ4v) is 5.74. The first-order valence-electron chi connectivity index (χ1n) is 13.8. The summed E-state index contributed by atoms with van der Waals surface area (Å²) in [6.45, 7) is 1.11. The molecule has 0 atom stereocenters. The molecule has 1 aliphatic heterocycles. The second kappa shape index (κ2) is 10.3. The van der Waals surface area contributed by atoms with Crippen LogP contribution in [0.3, 0.4) is 0 Å². The van der Waals surface area contributed by atoms with Crippen molar-refractivity contribution in [3.05, 3.63) is 64.2 Å². The number of aryl methyl sites for hydroxylation is 2. The minimum absolute atomic E-state index is 0.110. The predicted octanol–water partition coefficient (Wildman–Crippen LogP) is 4.97. The topological polar surface area (TPSA) is 107 Å². The molecule has 1 saturated carbocycles. The first kappa shape index (κ1) is 26.8. The van der Waals surface area contributed by atoms with E-state index in [2.05, 4.69) is 25.4 Å². The van der Waals surface area contributed by atoms with Gasteiger partial charge in [0.25, 0.3) is 11.5 Å². The summed E-state index contributed by atoms with van der Waals surface area (Å²) in [6, 6.07) is 1.87. The number of nitrogens with one attached hydrogen (secondary N) is 1. The van der Waals surface area contributed by atoms with Crippen molar-refractivity contribution < 1.29 is 13.5 Å². The summed E-state index contributed by atoms with van der Waals surface area (Å²) < 4.78 is 38.2. The Balaban J connectivity index is 1.15. The molecule has 5 aromatic heterocycles. The summed E-state index contributed by atoms with van der Waals surface area (Å²) in [5.74, 6) is -1.02. The number of halogens is 3. The predicted molar refractivity (Wildman–Crippen MR) is 153 cm³/mol. The van der Waals surface area contributed by atoms with Crippen molar-refractivity contribution in [3.8, 4) is 11.5 Å². The van der Waals surface area contributed by atoms with E-state index in [1.54, 1.807) is 50.4 Å². The molecule has 0 aromatic carbocycles. The molecule has 5 aromatic rings. The van der Waals surface area contributed by atoms with E-state index in [4.69, 9.17) is 16.3 Å². The number of hydrogen-bond donors (Lipinski definition) is 1. The van der Waals surface area contributed by atoms with E-state index < -0.39 is 5.92 Å². The monoisotopic (exact) mass is 595 g/mol. The third kappa shape index (κ3) is 5.07. The van der Waals surface area contributed by atoms with Gasteiger partial charge in [0.05, 0.1) is 25.1 Å². The number of fused-ring (bicyclic) bond motifs is 2. The Morgan fingerprint density at radius 3 is 2.83 bits per heavy atom. The third-order valence-corrected chi connectivity index (χ3v) is 8.20. The molecule has 14 heteroatoms. The molecule has 2 aliphatic rings. The quantitative estimate of drug-likeness (QED) is 0.255. The number of hydrogen-bond acceptors (Lipinski definition) is 8. The molecule has 6 heterocycles. The number of pyridine rings is 2. The van der Waals surface area contributed by atoms with Gasteiger partial charge in [-0.1, -0.05) is 11.6 Å². The van der Waals surface area contributed by atoms with E-state index in [9.17, 15) is 13.6 Å². The number of nitrogens with zero attached hydrogens (tertiary/aromatic N) is 8. The molecule has 0 bridgehead atoms. The van der Waals surface area contributed by atoms with Crippen LogP contribution in [0.15, 0.2) is 48.0 Å². The van der Waals surface area contributed by atoms with Crippen LogP contribution in [0.5, 0.6) is 11.5 Å². The van der Waals surface area contributed by atoms with Crippen molar-refractivity contribution in [2.24, 2.45) is 7.05 Å². The summed E-state index contributed by atoms with van der Waals surface area (Å²) in [5, 5.41) is 7.76. The Hall–Kier alpha value is -4.10. The Morgan fingerprint density at radius 1 is 1.19 bits per heavy atom. The fourth-order valence-electron chi connectivity index (χ4n) is 5.44. The number of likely N-dealkylation sites (tertiary alicyclic amines) is 1. The summed E-state index contributed by atoms with van der Waals surface area (Å²) >= 11 is 6.78. The molecule has 1 N–H and O–H groups in total. The third-order valence-electron chi connectivity index (χ3n) is 7.84. The minimum Gasteiger partial charge on any atom is -0.450 e. The molecule has 0 spiro atoms. The number of aromatic nitrogens is 7. The maximum atomic E-state index is 13.6. The lowest BCUT2D eigenvalue weighted by Gasteiger charge is -2.17. The molecule has 7 rings (SSSR count). The number of rotatable bonds is 9. The highest BCUT2D eigenvalue weighted by molar-refractivity contribution is 6.36. The smallest absolute Gasteiger partial charge is 0.274 e. The average molecular weight is 596 g/mol. The van der Waals surface area contributed by atoms with Gasteiger partial charge in [0.1, 0.15) is 21.7 Å². The van der Waals surface area contributed by atoms with Crippen molar-refractivity contribution >= 4 is 39.9 Å². The van der Waals surface area contributed by atoms with Crippen LogP contribution in [-0.2, 0) is 13.6 Å². The van der Waals surface area contributed by atoms with Crippen LogP contribution in [-0.4, -0.2) is 64.2 Å². The van der Waals surface area contributed by atoms with Crippen LogP contribution in [0.25, 0.3) is 16.7 Å². The number of imidazole rings is 1. The average Bonchev–Trinajstić information content (AvgIpc) is 3.55. The van der Waals surface area contributed by atoms with E-state index in [-0.39, 0.29) is 18.5 Å². The Labute approximate surface area is 243 Å². The van der Waals surface area contributed by atoms with Crippen molar-refractivity contribution in [1.29, 1.82) is 0 Å². The zero-order chi connectivity index (χ0) is 29.0. The maximum Gasteiger partial charge on any atom is 0.274 e. The Bertz CT molecular complexity index is 1860. The summed E-state index contributed by atoms with van der Waals surface area (Å²) in [5.41, 5.74) is 2.84. The first-order chi connectivity index (χ1) is 20.3. The molecule has 218 valence electrons. The summed E-state index contributed by atoms with van der Waals surface area (Å²) in [4.78, 5) is 28.4. The van der Waals surface area contributed by atoms with Crippen molar-refractivity contribution in [2.75, 3.05) is 25.0 Å². The Morgan fingerprint density at radius 2 is 2.05 bits per heavy atom. The van der Waals surface area contributed by atoms with Gasteiger partial charge in [0, 0.05) is 51.7 Å². The zero-order valence-electron chi connectivity index (χ0n) is 22.8. The molecule has 1 aliphatic carbocycles. The van der Waals surface area contributed by atoms with E-state index >= 15 is 0 Å². The SMILES string of the molecule is Cn1c(Nc2cc(C3CC3)cn(CCCN3CCC(F)(F)C3)c2=O)nc2ncc(Oc3cnn4ccncc34)c(Cl)c21. The lowest BCUT2D eigenvalue weighted by Crippen LogP contribution is -2.28. The molecule has 11 nitrogen and oxygen atoms in total. The normalized spacial score (nSPS) is 17.0. The van der Waals surface area contributed by atoms with Gasteiger partial charge in [0.15, 0.2) is 17.1 Å². The molecule has 42 heavy (non-hydrogen) atoms. The molecule has 0 radical (unpaired) electrons. The van der Waals surface area contributed by atoms with Gasteiger partial charge in [-0.15, -0.1) is 0 Å². The highest BCUT2D eigenvalue weighted by Gasteiger charge is 2.37. The Kier molecular flexibility index (Phi) is 6.58. The first-order valence-corrected chi connectivity index (χ1v) is 14.2. The fraction of sp³-hybridized carbons (Fsp3) is 0.393. The van der Waals surface area contributed by atoms with Crippen LogP contribution >= 0.6 is 11.6 Å². The molecule has 1 saturated heterocycles. The van der Waals surface area contributed by atoms with Crippen LogP contribution in [0.4, 0.5) is 20.4 Å². The van der Waals surface area contributed by atoms with E-state index in [0.717, 1.165) is 18.4 Å². The number of anilines is 2. The second-order valence-corrected chi connectivity index (χ2v) is 11.3. The van der Waals surface area contributed by atoms with E-state index in [1.807, 2.05) is 12.3 Å². The number of alkyl halides is 2. The largest absolute Gasteiger partial charge is 0.450 e. The molecular formula is C28H28ClF2N9O2. The zero-order valence-corrected chi connectivity index (χ0v) is 23.6. The van der Waals surface area contributed by atoms with E-state index in [1.165, 1.54) is 6.20 Å². The van der Waals surface area contributed by atoms with Gasteiger partial charge in [-0.3, -0.25) is 14.7 Å². The molecule has 2 fully saturated rings. The van der Waals surface area contributed by atoms with Crippen LogP contribution in [0, 0.1) is 0 Å². The van der Waals surface area contributed by atoms with Crippen molar-refractivity contribution in [2.45, 2.75) is 44.1 Å². The van der Waals surface area contributed by atoms with Crippen LogP contribution < -0.4 is 15.6 Å².